The van der Waals surface area contributed by atoms with E-state index in [1.54, 1.807) is 14.0 Å². The Labute approximate surface area is 140 Å². The van der Waals surface area contributed by atoms with E-state index in [2.05, 4.69) is 6.07 Å². The Morgan fingerprint density at radius 2 is 1.96 bits per heavy atom. The number of nitrogens with zero attached hydrogens (tertiary/aromatic N) is 1. The summed E-state index contributed by atoms with van der Waals surface area (Å²) in [6.07, 6.45) is 1.95. The van der Waals surface area contributed by atoms with Gasteiger partial charge in [-0.25, -0.2) is 0 Å². The highest BCUT2D eigenvalue weighted by Crippen LogP contribution is 2.43. The topological polar surface area (TPSA) is 48.0 Å². The zero-order valence-electron chi connectivity index (χ0n) is 13.8. The van der Waals surface area contributed by atoms with Crippen molar-refractivity contribution in [3.05, 3.63) is 35.9 Å². The zero-order valence-corrected chi connectivity index (χ0v) is 13.8. The smallest absolute Gasteiger partial charge is 0.231 e. The van der Waals surface area contributed by atoms with Crippen LogP contribution in [0.4, 0.5) is 5.69 Å². The molecule has 0 radical (unpaired) electrons. The van der Waals surface area contributed by atoms with Crippen molar-refractivity contribution in [1.82, 2.24) is 0 Å². The number of carbonyl (C=O) groups excluding carboxylic acids is 1. The second kappa shape index (κ2) is 5.74. The lowest BCUT2D eigenvalue weighted by Crippen LogP contribution is -2.33. The zero-order chi connectivity index (χ0) is 16.7. The first-order chi connectivity index (χ1) is 11.7. The Balaban J connectivity index is 1.80. The monoisotopic (exact) mass is 325 g/mol. The van der Waals surface area contributed by atoms with Gasteiger partial charge in [0.15, 0.2) is 11.5 Å². The molecule has 0 N–H and O–H groups in total. The van der Waals surface area contributed by atoms with Crippen LogP contribution < -0.4 is 19.1 Å². The third-order valence-electron chi connectivity index (χ3n) is 4.58. The average molecular weight is 325 g/mol. The SMILES string of the molecule is COc1cc2c(cc1-c1ccc3c(c1)CCCN3C(C)=O)OCO2. The Morgan fingerprint density at radius 3 is 2.71 bits per heavy atom. The molecular formula is C19H19NO4. The number of hydrogen-bond donors (Lipinski definition) is 0. The van der Waals surface area contributed by atoms with E-state index < -0.39 is 0 Å². The molecule has 0 fully saturated rings. The normalized spacial score (nSPS) is 15.2. The molecular weight excluding hydrogens is 306 g/mol. The Morgan fingerprint density at radius 1 is 1.17 bits per heavy atom. The summed E-state index contributed by atoms with van der Waals surface area (Å²) in [7, 11) is 1.65. The molecule has 0 atom stereocenters. The fourth-order valence-corrected chi connectivity index (χ4v) is 3.41. The number of benzene rings is 2. The molecule has 4 rings (SSSR count). The minimum atomic E-state index is 0.0874. The summed E-state index contributed by atoms with van der Waals surface area (Å²) in [6.45, 7) is 2.64. The molecule has 124 valence electrons. The van der Waals surface area contributed by atoms with Crippen LogP contribution in [0.3, 0.4) is 0 Å². The van der Waals surface area contributed by atoms with Crippen LogP contribution in [0.2, 0.25) is 0 Å². The number of methoxy groups -OCH3 is 1. The summed E-state index contributed by atoms with van der Waals surface area (Å²) in [5.74, 6) is 2.27. The van der Waals surface area contributed by atoms with Crippen molar-refractivity contribution in [3.8, 4) is 28.4 Å². The van der Waals surface area contributed by atoms with Crippen LogP contribution in [0.5, 0.6) is 17.2 Å². The van der Waals surface area contributed by atoms with Gasteiger partial charge in [-0.15, -0.1) is 0 Å². The van der Waals surface area contributed by atoms with Crippen molar-refractivity contribution in [2.45, 2.75) is 19.8 Å². The van der Waals surface area contributed by atoms with E-state index in [9.17, 15) is 4.79 Å². The predicted molar refractivity (Wildman–Crippen MR) is 90.9 cm³/mol. The molecule has 2 aromatic rings. The summed E-state index contributed by atoms with van der Waals surface area (Å²) in [5, 5.41) is 0. The summed E-state index contributed by atoms with van der Waals surface area (Å²) < 4.78 is 16.4. The van der Waals surface area contributed by atoms with Crippen molar-refractivity contribution >= 4 is 11.6 Å². The van der Waals surface area contributed by atoms with Gasteiger partial charge < -0.3 is 19.1 Å². The summed E-state index contributed by atoms with van der Waals surface area (Å²) in [5.41, 5.74) is 4.21. The lowest BCUT2D eigenvalue weighted by atomic mass is 9.95. The van der Waals surface area contributed by atoms with Crippen LogP contribution >= 0.6 is 0 Å². The maximum atomic E-state index is 11.8. The standard InChI is InChI=1S/C19H19NO4/c1-12(21)20-7-3-4-14-8-13(5-6-16(14)20)15-9-18-19(24-11-23-18)10-17(15)22-2/h5-6,8-10H,3-4,7,11H2,1-2H3. The minimum absolute atomic E-state index is 0.0874. The Bertz CT molecular complexity index is 815. The quantitative estimate of drug-likeness (QED) is 0.849. The molecule has 24 heavy (non-hydrogen) atoms. The molecule has 2 aromatic carbocycles. The molecule has 0 saturated heterocycles. The van der Waals surface area contributed by atoms with Crippen molar-refractivity contribution in [1.29, 1.82) is 0 Å². The molecule has 1 amide bonds. The van der Waals surface area contributed by atoms with Crippen LogP contribution in [0.15, 0.2) is 30.3 Å². The van der Waals surface area contributed by atoms with Gasteiger partial charge in [-0.05, 0) is 42.2 Å². The van der Waals surface area contributed by atoms with Crippen LogP contribution in [-0.4, -0.2) is 26.4 Å². The first kappa shape index (κ1) is 14.9. The predicted octanol–water partition coefficient (Wildman–Crippen LogP) is 3.39. The molecule has 0 saturated carbocycles. The van der Waals surface area contributed by atoms with Crippen molar-refractivity contribution in [3.63, 3.8) is 0 Å². The van der Waals surface area contributed by atoms with Crippen LogP contribution in [-0.2, 0) is 11.2 Å². The third-order valence-corrected chi connectivity index (χ3v) is 4.58. The van der Waals surface area contributed by atoms with Crippen LogP contribution in [0.1, 0.15) is 18.9 Å². The van der Waals surface area contributed by atoms with Crippen molar-refractivity contribution in [2.24, 2.45) is 0 Å². The fraction of sp³-hybridized carbons (Fsp3) is 0.316. The van der Waals surface area contributed by atoms with Gasteiger partial charge in [-0.2, -0.15) is 0 Å². The summed E-state index contributed by atoms with van der Waals surface area (Å²) in [4.78, 5) is 13.7. The van der Waals surface area contributed by atoms with Crippen LogP contribution in [0.25, 0.3) is 11.1 Å². The van der Waals surface area contributed by atoms with Crippen molar-refractivity contribution < 1.29 is 19.0 Å². The van der Waals surface area contributed by atoms with E-state index in [-0.39, 0.29) is 12.7 Å². The van der Waals surface area contributed by atoms with Gasteiger partial charge in [0, 0.05) is 30.8 Å². The summed E-state index contributed by atoms with van der Waals surface area (Å²) in [6, 6.07) is 10.0. The van der Waals surface area contributed by atoms with E-state index in [0.717, 1.165) is 47.7 Å². The van der Waals surface area contributed by atoms with Gasteiger partial charge in [0.1, 0.15) is 5.75 Å². The minimum Gasteiger partial charge on any atom is -0.496 e. The molecule has 0 bridgehead atoms. The first-order valence-corrected chi connectivity index (χ1v) is 8.06. The second-order valence-electron chi connectivity index (χ2n) is 6.02. The van der Waals surface area contributed by atoms with E-state index in [1.807, 2.05) is 29.2 Å². The molecule has 0 unspecified atom stereocenters. The largest absolute Gasteiger partial charge is 0.496 e. The third kappa shape index (κ3) is 2.37. The highest BCUT2D eigenvalue weighted by Gasteiger charge is 2.22. The average Bonchev–Trinajstić information content (AvgIpc) is 3.06. The molecule has 2 aliphatic rings. The van der Waals surface area contributed by atoms with Gasteiger partial charge in [-0.1, -0.05) is 6.07 Å². The lowest BCUT2D eigenvalue weighted by molar-refractivity contribution is -0.116. The molecule has 0 spiro atoms. The Kier molecular flexibility index (Phi) is 3.56. The number of aryl methyl sites for hydroxylation is 1. The number of anilines is 1. The Hall–Kier alpha value is -2.69. The number of ether oxygens (including phenoxy) is 3. The number of hydrogen-bond acceptors (Lipinski definition) is 4. The molecule has 0 aromatic heterocycles. The van der Waals surface area contributed by atoms with Gasteiger partial charge in [-0.3, -0.25) is 4.79 Å². The van der Waals surface area contributed by atoms with E-state index >= 15 is 0 Å². The van der Waals surface area contributed by atoms with Gasteiger partial charge in [0.25, 0.3) is 0 Å². The molecule has 5 nitrogen and oxygen atoms in total. The fourth-order valence-electron chi connectivity index (χ4n) is 3.41. The molecule has 2 heterocycles. The van der Waals surface area contributed by atoms with Gasteiger partial charge >= 0.3 is 0 Å². The maximum absolute atomic E-state index is 11.8. The van der Waals surface area contributed by atoms with E-state index in [0.29, 0.717) is 5.75 Å². The number of fused-ring (bicyclic) bond motifs is 2. The lowest BCUT2D eigenvalue weighted by Gasteiger charge is -2.29. The highest BCUT2D eigenvalue weighted by atomic mass is 16.7. The van der Waals surface area contributed by atoms with Crippen molar-refractivity contribution in [2.75, 3.05) is 25.3 Å². The molecule has 5 heteroatoms. The van der Waals surface area contributed by atoms with E-state index in [1.165, 1.54) is 5.56 Å². The second-order valence-corrected chi connectivity index (χ2v) is 6.02. The van der Waals surface area contributed by atoms with Crippen LogP contribution in [0, 0.1) is 0 Å². The van der Waals surface area contributed by atoms with Gasteiger partial charge in [0.2, 0.25) is 12.7 Å². The number of rotatable bonds is 2. The summed E-state index contributed by atoms with van der Waals surface area (Å²) >= 11 is 0. The molecule has 0 aliphatic carbocycles. The highest BCUT2D eigenvalue weighted by molar-refractivity contribution is 5.93. The van der Waals surface area contributed by atoms with E-state index in [4.69, 9.17) is 14.2 Å². The molecule has 2 aliphatic heterocycles. The first-order valence-electron chi connectivity index (χ1n) is 8.06. The number of amides is 1. The van der Waals surface area contributed by atoms with Gasteiger partial charge in [0.05, 0.1) is 7.11 Å². The maximum Gasteiger partial charge on any atom is 0.231 e. The number of carbonyl (C=O) groups is 1.